The van der Waals surface area contributed by atoms with Gasteiger partial charge in [-0.2, -0.15) is 4.98 Å². The Bertz CT molecular complexity index is 565. The molecule has 0 spiro atoms. The molecule has 0 saturated carbocycles. The third-order valence-electron chi connectivity index (χ3n) is 3.40. The van der Waals surface area contributed by atoms with Gasteiger partial charge in [0.1, 0.15) is 0 Å². The van der Waals surface area contributed by atoms with Crippen LogP contribution >= 0.6 is 12.4 Å². The highest BCUT2D eigenvalue weighted by atomic mass is 35.5. The van der Waals surface area contributed by atoms with Crippen LogP contribution in [0.3, 0.4) is 0 Å². The molecule has 1 fully saturated rings. The second-order valence-electron chi connectivity index (χ2n) is 4.85. The number of carbonyl (C=O) groups is 1. The van der Waals surface area contributed by atoms with Gasteiger partial charge in [-0.1, -0.05) is 17.3 Å². The van der Waals surface area contributed by atoms with Crippen molar-refractivity contribution in [1.82, 2.24) is 20.8 Å². The summed E-state index contributed by atoms with van der Waals surface area (Å²) in [5.41, 5.74) is 1.47. The van der Waals surface area contributed by atoms with Crippen molar-refractivity contribution in [2.24, 2.45) is 0 Å². The zero-order chi connectivity index (χ0) is 13.8. The number of amides is 1. The molecule has 7 heteroatoms. The van der Waals surface area contributed by atoms with Gasteiger partial charge < -0.3 is 15.2 Å². The molecule has 21 heavy (non-hydrogen) atoms. The second-order valence-corrected chi connectivity index (χ2v) is 4.85. The van der Waals surface area contributed by atoms with E-state index in [-0.39, 0.29) is 24.4 Å². The van der Waals surface area contributed by atoms with E-state index < -0.39 is 0 Å². The number of rotatable bonds is 3. The van der Waals surface area contributed by atoms with Gasteiger partial charge in [-0.25, -0.2) is 0 Å². The van der Waals surface area contributed by atoms with Crippen molar-refractivity contribution in [3.05, 3.63) is 36.2 Å². The van der Waals surface area contributed by atoms with Crippen molar-refractivity contribution >= 4 is 18.3 Å². The van der Waals surface area contributed by atoms with Crippen LogP contribution in [0.4, 0.5) is 0 Å². The molecule has 1 atom stereocenters. The van der Waals surface area contributed by atoms with Gasteiger partial charge in [0.05, 0.1) is 0 Å². The van der Waals surface area contributed by atoms with E-state index in [0.717, 1.165) is 31.5 Å². The van der Waals surface area contributed by atoms with Gasteiger partial charge in [0.15, 0.2) is 0 Å². The van der Waals surface area contributed by atoms with Crippen LogP contribution in [0.5, 0.6) is 0 Å². The lowest BCUT2D eigenvalue weighted by Crippen LogP contribution is -2.45. The van der Waals surface area contributed by atoms with E-state index in [9.17, 15) is 4.79 Å². The Morgan fingerprint density at radius 1 is 1.33 bits per heavy atom. The maximum Gasteiger partial charge on any atom is 0.251 e. The van der Waals surface area contributed by atoms with Crippen LogP contribution in [0, 0.1) is 0 Å². The van der Waals surface area contributed by atoms with Crippen molar-refractivity contribution in [3.63, 3.8) is 0 Å². The topological polar surface area (TPSA) is 80.0 Å². The number of hydrogen-bond donors (Lipinski definition) is 2. The fourth-order valence-corrected chi connectivity index (χ4v) is 2.31. The van der Waals surface area contributed by atoms with Crippen LogP contribution in [0.2, 0.25) is 0 Å². The lowest BCUT2D eigenvalue weighted by Gasteiger charge is -2.23. The summed E-state index contributed by atoms with van der Waals surface area (Å²) >= 11 is 0. The first-order valence-electron chi connectivity index (χ1n) is 6.71. The Morgan fingerprint density at radius 2 is 2.14 bits per heavy atom. The van der Waals surface area contributed by atoms with E-state index in [1.165, 1.54) is 6.39 Å². The van der Waals surface area contributed by atoms with Crippen LogP contribution in [0.25, 0.3) is 11.4 Å². The molecule has 0 aliphatic carbocycles. The SMILES string of the molecule is Cl.O=C(NC1CCCNC1)c1ccc(-c2ncon2)cc1. The first-order valence-corrected chi connectivity index (χ1v) is 6.71. The number of benzene rings is 1. The van der Waals surface area contributed by atoms with Crippen molar-refractivity contribution in [1.29, 1.82) is 0 Å². The highest BCUT2D eigenvalue weighted by molar-refractivity contribution is 5.94. The summed E-state index contributed by atoms with van der Waals surface area (Å²) in [5, 5.41) is 10.1. The Kier molecular flexibility index (Phi) is 5.30. The maximum atomic E-state index is 12.1. The van der Waals surface area contributed by atoms with Gasteiger partial charge in [0.2, 0.25) is 12.2 Å². The summed E-state index contributed by atoms with van der Waals surface area (Å²) in [5.74, 6) is 0.479. The minimum Gasteiger partial charge on any atom is -0.348 e. The number of hydrogen-bond acceptors (Lipinski definition) is 5. The van der Waals surface area contributed by atoms with Crippen LogP contribution in [-0.4, -0.2) is 35.2 Å². The minimum atomic E-state index is -0.0432. The first-order chi connectivity index (χ1) is 9.83. The normalized spacial score (nSPS) is 17.8. The Morgan fingerprint density at radius 3 is 2.76 bits per heavy atom. The predicted octanol–water partition coefficient (Wildman–Crippen LogP) is 1.64. The van der Waals surface area contributed by atoms with Crippen LogP contribution in [0.1, 0.15) is 23.2 Å². The number of carbonyl (C=O) groups excluding carboxylic acids is 1. The standard InChI is InChI=1S/C14H16N4O2.ClH/c19-14(17-12-2-1-7-15-8-12)11-5-3-10(4-6-11)13-16-9-20-18-13;/h3-6,9,12,15H,1-2,7-8H2,(H,17,19);1H. The Balaban J connectivity index is 0.00000161. The molecule has 0 bridgehead atoms. The number of nitrogens with zero attached hydrogens (tertiary/aromatic N) is 2. The molecule has 1 aliphatic rings. The summed E-state index contributed by atoms with van der Waals surface area (Å²) in [6, 6.07) is 7.40. The second kappa shape index (κ2) is 7.19. The number of nitrogens with one attached hydrogen (secondary N) is 2. The summed E-state index contributed by atoms with van der Waals surface area (Å²) < 4.78 is 4.70. The minimum absolute atomic E-state index is 0. The number of aromatic nitrogens is 2. The summed E-state index contributed by atoms with van der Waals surface area (Å²) in [7, 11) is 0. The van der Waals surface area contributed by atoms with Gasteiger partial charge >= 0.3 is 0 Å². The summed E-state index contributed by atoms with van der Waals surface area (Å²) in [6.07, 6.45) is 3.41. The van der Waals surface area contributed by atoms with E-state index >= 15 is 0 Å². The average molecular weight is 309 g/mol. The van der Waals surface area contributed by atoms with Crippen molar-refractivity contribution in [3.8, 4) is 11.4 Å². The lowest BCUT2D eigenvalue weighted by atomic mass is 10.1. The zero-order valence-corrected chi connectivity index (χ0v) is 12.2. The molecular weight excluding hydrogens is 292 g/mol. The third kappa shape index (κ3) is 3.80. The summed E-state index contributed by atoms with van der Waals surface area (Å²) in [4.78, 5) is 16.1. The maximum absolute atomic E-state index is 12.1. The van der Waals surface area contributed by atoms with Crippen molar-refractivity contribution in [2.75, 3.05) is 13.1 Å². The quantitative estimate of drug-likeness (QED) is 0.901. The van der Waals surface area contributed by atoms with Crippen molar-refractivity contribution < 1.29 is 9.32 Å². The molecule has 1 saturated heterocycles. The zero-order valence-electron chi connectivity index (χ0n) is 11.4. The molecule has 1 amide bonds. The monoisotopic (exact) mass is 308 g/mol. The van der Waals surface area contributed by atoms with Crippen LogP contribution in [0.15, 0.2) is 35.2 Å². The van der Waals surface area contributed by atoms with Gasteiger partial charge in [-0.15, -0.1) is 12.4 Å². The van der Waals surface area contributed by atoms with Gasteiger partial charge in [-0.3, -0.25) is 4.79 Å². The predicted molar refractivity (Wildman–Crippen MR) is 80.3 cm³/mol. The molecule has 6 nitrogen and oxygen atoms in total. The molecule has 0 radical (unpaired) electrons. The lowest BCUT2D eigenvalue weighted by molar-refractivity contribution is 0.0930. The van der Waals surface area contributed by atoms with E-state index in [1.807, 2.05) is 12.1 Å². The van der Waals surface area contributed by atoms with Gasteiger partial charge in [-0.05, 0) is 31.5 Å². The molecule has 1 aliphatic heterocycles. The molecule has 112 valence electrons. The fraction of sp³-hybridized carbons (Fsp3) is 0.357. The molecular formula is C14H17ClN4O2. The number of halogens is 1. The Hall–Kier alpha value is -1.92. The Labute approximate surface area is 128 Å². The first kappa shape index (κ1) is 15.5. The van der Waals surface area contributed by atoms with Crippen molar-refractivity contribution in [2.45, 2.75) is 18.9 Å². The molecule has 1 unspecified atom stereocenters. The fourth-order valence-electron chi connectivity index (χ4n) is 2.31. The average Bonchev–Trinajstić information content (AvgIpc) is 3.03. The molecule has 1 aromatic carbocycles. The van der Waals surface area contributed by atoms with E-state index in [1.54, 1.807) is 12.1 Å². The molecule has 3 rings (SSSR count). The van der Waals surface area contributed by atoms with E-state index in [4.69, 9.17) is 4.52 Å². The van der Waals surface area contributed by atoms with E-state index in [0.29, 0.717) is 11.4 Å². The molecule has 2 N–H and O–H groups in total. The smallest absolute Gasteiger partial charge is 0.251 e. The van der Waals surface area contributed by atoms with Gasteiger partial charge in [0.25, 0.3) is 5.91 Å². The highest BCUT2D eigenvalue weighted by Crippen LogP contribution is 2.15. The molecule has 2 heterocycles. The molecule has 1 aromatic heterocycles. The highest BCUT2D eigenvalue weighted by Gasteiger charge is 2.16. The van der Waals surface area contributed by atoms with Gasteiger partial charge in [0, 0.05) is 23.7 Å². The molecule has 2 aromatic rings. The number of piperidine rings is 1. The third-order valence-corrected chi connectivity index (χ3v) is 3.40. The summed E-state index contributed by atoms with van der Waals surface area (Å²) in [6.45, 7) is 1.87. The largest absolute Gasteiger partial charge is 0.348 e. The van der Waals surface area contributed by atoms with Crippen LogP contribution < -0.4 is 10.6 Å². The van der Waals surface area contributed by atoms with E-state index in [2.05, 4.69) is 20.8 Å². The van der Waals surface area contributed by atoms with Crippen LogP contribution in [-0.2, 0) is 0 Å².